The molecule has 0 atom stereocenters. The van der Waals surface area contributed by atoms with Gasteiger partial charge in [0, 0.05) is 16.6 Å². The van der Waals surface area contributed by atoms with Crippen LogP contribution in [0.25, 0.3) is 0 Å². The highest BCUT2D eigenvalue weighted by Gasteiger charge is 2.26. The van der Waals surface area contributed by atoms with Crippen molar-refractivity contribution in [1.29, 1.82) is 0 Å². The lowest BCUT2D eigenvalue weighted by Crippen LogP contribution is -2.29. The van der Waals surface area contributed by atoms with Gasteiger partial charge in [0.2, 0.25) is 0 Å². The first-order valence-corrected chi connectivity index (χ1v) is 5.78. The lowest BCUT2D eigenvalue weighted by Gasteiger charge is -2.15. The third-order valence-corrected chi connectivity index (χ3v) is 3.11. The van der Waals surface area contributed by atoms with E-state index in [4.69, 9.17) is 0 Å². The van der Waals surface area contributed by atoms with Gasteiger partial charge < -0.3 is 4.74 Å². The molecule has 1 aliphatic rings. The smallest absolute Gasteiger partial charge is 0.339 e. The SMILES string of the molecule is COC(=O)c1cc(N2C(=O)C=CC2=O)ccc1Br. The van der Waals surface area contributed by atoms with Crippen LogP contribution in [-0.4, -0.2) is 24.9 Å². The first-order chi connectivity index (χ1) is 8.54. The molecule has 92 valence electrons. The van der Waals surface area contributed by atoms with Crippen LogP contribution in [0.5, 0.6) is 0 Å². The highest BCUT2D eigenvalue weighted by Crippen LogP contribution is 2.26. The summed E-state index contributed by atoms with van der Waals surface area (Å²) < 4.78 is 5.15. The second-order valence-electron chi connectivity index (χ2n) is 3.50. The van der Waals surface area contributed by atoms with Gasteiger partial charge in [0.1, 0.15) is 0 Å². The summed E-state index contributed by atoms with van der Waals surface area (Å²) >= 11 is 3.21. The number of hydrogen-bond acceptors (Lipinski definition) is 4. The van der Waals surface area contributed by atoms with Gasteiger partial charge in [-0.2, -0.15) is 0 Å². The number of benzene rings is 1. The average molecular weight is 310 g/mol. The summed E-state index contributed by atoms with van der Waals surface area (Å²) in [6, 6.07) is 4.58. The third-order valence-electron chi connectivity index (χ3n) is 2.42. The van der Waals surface area contributed by atoms with Crippen molar-refractivity contribution in [2.75, 3.05) is 12.0 Å². The number of rotatable bonds is 2. The van der Waals surface area contributed by atoms with Gasteiger partial charge in [0.15, 0.2) is 0 Å². The molecule has 0 N–H and O–H groups in total. The molecule has 0 saturated carbocycles. The van der Waals surface area contributed by atoms with E-state index >= 15 is 0 Å². The van der Waals surface area contributed by atoms with Gasteiger partial charge >= 0.3 is 5.97 Å². The van der Waals surface area contributed by atoms with E-state index in [-0.39, 0.29) is 5.56 Å². The maximum absolute atomic E-state index is 11.5. The molecule has 2 rings (SSSR count). The van der Waals surface area contributed by atoms with Crippen LogP contribution in [0.2, 0.25) is 0 Å². The second-order valence-corrected chi connectivity index (χ2v) is 4.36. The second kappa shape index (κ2) is 4.73. The van der Waals surface area contributed by atoms with E-state index in [0.29, 0.717) is 10.2 Å². The van der Waals surface area contributed by atoms with Gasteiger partial charge in [-0.05, 0) is 34.1 Å². The number of nitrogens with zero attached hydrogens (tertiary/aromatic N) is 1. The Kier molecular flexibility index (Phi) is 3.29. The van der Waals surface area contributed by atoms with Crippen LogP contribution in [0.15, 0.2) is 34.8 Å². The van der Waals surface area contributed by atoms with Crippen LogP contribution in [0.4, 0.5) is 5.69 Å². The Balaban J connectivity index is 2.45. The quantitative estimate of drug-likeness (QED) is 0.616. The maximum Gasteiger partial charge on any atom is 0.339 e. The number of imide groups is 1. The van der Waals surface area contributed by atoms with Crippen molar-refractivity contribution in [3.05, 3.63) is 40.4 Å². The minimum atomic E-state index is -0.546. The largest absolute Gasteiger partial charge is 0.465 e. The molecule has 1 aliphatic heterocycles. The highest BCUT2D eigenvalue weighted by atomic mass is 79.9. The Morgan fingerprint density at radius 3 is 2.39 bits per heavy atom. The first kappa shape index (κ1) is 12.5. The van der Waals surface area contributed by atoms with E-state index in [1.165, 1.54) is 25.3 Å². The monoisotopic (exact) mass is 309 g/mol. The number of carbonyl (C=O) groups excluding carboxylic acids is 3. The minimum absolute atomic E-state index is 0.252. The lowest BCUT2D eigenvalue weighted by atomic mass is 10.2. The molecule has 0 spiro atoms. The van der Waals surface area contributed by atoms with Crippen LogP contribution in [0, 0.1) is 0 Å². The summed E-state index contributed by atoms with van der Waals surface area (Å²) in [7, 11) is 1.26. The summed E-state index contributed by atoms with van der Waals surface area (Å²) in [6.45, 7) is 0. The van der Waals surface area contributed by atoms with Crippen molar-refractivity contribution in [3.8, 4) is 0 Å². The molecule has 0 aliphatic carbocycles. The first-order valence-electron chi connectivity index (χ1n) is 4.98. The van der Waals surface area contributed by atoms with Crippen molar-refractivity contribution in [3.63, 3.8) is 0 Å². The maximum atomic E-state index is 11.5. The predicted molar refractivity (Wildman–Crippen MR) is 67.1 cm³/mol. The number of methoxy groups -OCH3 is 1. The van der Waals surface area contributed by atoms with Crippen molar-refractivity contribution < 1.29 is 19.1 Å². The van der Waals surface area contributed by atoms with Crippen LogP contribution in [0.3, 0.4) is 0 Å². The summed E-state index contributed by atoms with van der Waals surface area (Å²) in [5.74, 6) is -1.41. The number of amides is 2. The number of esters is 1. The molecule has 6 heteroatoms. The molecule has 2 amide bonds. The number of ether oxygens (including phenoxy) is 1. The summed E-state index contributed by atoms with van der Waals surface area (Å²) in [5.41, 5.74) is 0.584. The number of hydrogen-bond donors (Lipinski definition) is 0. The molecular weight excluding hydrogens is 302 g/mol. The standard InChI is InChI=1S/C12H8BrNO4/c1-18-12(17)8-6-7(2-3-9(8)13)14-10(15)4-5-11(14)16/h2-6H,1H3. The van der Waals surface area contributed by atoms with Gasteiger partial charge in [-0.15, -0.1) is 0 Å². The molecule has 0 radical (unpaired) electrons. The Morgan fingerprint density at radius 2 is 1.83 bits per heavy atom. The lowest BCUT2D eigenvalue weighted by molar-refractivity contribution is -0.119. The van der Waals surface area contributed by atoms with Crippen molar-refractivity contribution >= 4 is 39.4 Å². The van der Waals surface area contributed by atoms with Crippen molar-refractivity contribution in [1.82, 2.24) is 0 Å². The van der Waals surface area contributed by atoms with E-state index in [9.17, 15) is 14.4 Å². The molecule has 18 heavy (non-hydrogen) atoms. The number of carbonyl (C=O) groups is 3. The molecule has 0 unspecified atom stereocenters. The van der Waals surface area contributed by atoms with Gasteiger partial charge in [0.05, 0.1) is 18.4 Å². The molecular formula is C12H8BrNO4. The normalized spacial score (nSPS) is 14.2. The number of anilines is 1. The highest BCUT2D eigenvalue weighted by molar-refractivity contribution is 9.10. The molecule has 0 bridgehead atoms. The van der Waals surface area contributed by atoms with E-state index < -0.39 is 17.8 Å². The Bertz CT molecular complexity index is 561. The topological polar surface area (TPSA) is 63.7 Å². The zero-order chi connectivity index (χ0) is 13.3. The van der Waals surface area contributed by atoms with Crippen molar-refractivity contribution in [2.24, 2.45) is 0 Å². The summed E-state index contributed by atoms with van der Waals surface area (Å²) in [6.07, 6.45) is 2.37. The Morgan fingerprint density at radius 1 is 1.22 bits per heavy atom. The average Bonchev–Trinajstić information content (AvgIpc) is 2.69. The van der Waals surface area contributed by atoms with E-state index in [1.807, 2.05) is 0 Å². The molecule has 1 aromatic carbocycles. The molecule has 1 aromatic rings. The van der Waals surface area contributed by atoms with Crippen LogP contribution in [-0.2, 0) is 14.3 Å². The Labute approximate surface area is 111 Å². The minimum Gasteiger partial charge on any atom is -0.465 e. The third kappa shape index (κ3) is 2.06. The van der Waals surface area contributed by atoms with E-state index in [1.54, 1.807) is 12.1 Å². The summed E-state index contributed by atoms with van der Waals surface area (Å²) in [5, 5.41) is 0. The van der Waals surface area contributed by atoms with Crippen LogP contribution < -0.4 is 4.90 Å². The Hall–Kier alpha value is -1.95. The van der Waals surface area contributed by atoms with Gasteiger partial charge in [0.25, 0.3) is 11.8 Å². The predicted octanol–water partition coefficient (Wildman–Crippen LogP) is 1.67. The zero-order valence-electron chi connectivity index (χ0n) is 9.34. The summed E-state index contributed by atoms with van der Waals surface area (Å²) in [4.78, 5) is 35.5. The van der Waals surface area contributed by atoms with Gasteiger partial charge in [-0.25, -0.2) is 9.69 Å². The van der Waals surface area contributed by atoms with Crippen LogP contribution >= 0.6 is 15.9 Å². The fourth-order valence-corrected chi connectivity index (χ4v) is 1.98. The van der Waals surface area contributed by atoms with E-state index in [0.717, 1.165) is 4.90 Å². The molecule has 5 nitrogen and oxygen atoms in total. The molecule has 0 fully saturated rings. The fourth-order valence-electron chi connectivity index (χ4n) is 1.57. The van der Waals surface area contributed by atoms with Gasteiger partial charge in [-0.3, -0.25) is 9.59 Å². The van der Waals surface area contributed by atoms with E-state index in [2.05, 4.69) is 20.7 Å². The van der Waals surface area contributed by atoms with Gasteiger partial charge in [-0.1, -0.05) is 0 Å². The molecule has 0 aromatic heterocycles. The molecule has 1 heterocycles. The van der Waals surface area contributed by atoms with Crippen molar-refractivity contribution in [2.45, 2.75) is 0 Å². The van der Waals surface area contributed by atoms with Crippen LogP contribution in [0.1, 0.15) is 10.4 Å². The zero-order valence-corrected chi connectivity index (χ0v) is 10.9. The fraction of sp³-hybridized carbons (Fsp3) is 0.0833. The molecule has 0 saturated heterocycles. The number of halogens is 1.